The Morgan fingerprint density at radius 3 is 2.15 bits per heavy atom. The van der Waals surface area contributed by atoms with Gasteiger partial charge in [-0.2, -0.15) is 0 Å². The number of aryl methyl sites for hydroxylation is 1. The largest absolute Gasteiger partial charge is 0.320 e. The minimum atomic E-state index is -0.0988. The summed E-state index contributed by atoms with van der Waals surface area (Å²) in [5, 5.41) is 0. The molecular weight excluding hydrogens is 310 g/mol. The summed E-state index contributed by atoms with van der Waals surface area (Å²) < 4.78 is 1.07. The lowest BCUT2D eigenvalue weighted by Gasteiger charge is -2.21. The first-order valence-corrected chi connectivity index (χ1v) is 7.70. The fourth-order valence-corrected chi connectivity index (χ4v) is 2.76. The average Bonchev–Trinajstić information content (AvgIpc) is 2.40. The van der Waals surface area contributed by atoms with Gasteiger partial charge in [0, 0.05) is 4.47 Å². The Morgan fingerprint density at radius 1 is 1.00 bits per heavy atom. The van der Waals surface area contributed by atoms with Gasteiger partial charge in [0.2, 0.25) is 0 Å². The highest BCUT2D eigenvalue weighted by Gasteiger charge is 2.16. The molecule has 1 nitrogen and oxygen atoms in total. The molecule has 106 valence electrons. The van der Waals surface area contributed by atoms with E-state index in [4.69, 9.17) is 5.73 Å². The molecule has 2 aromatic rings. The number of nitrogens with two attached hydrogens (primary N) is 1. The zero-order valence-corrected chi connectivity index (χ0v) is 14.2. The lowest BCUT2D eigenvalue weighted by atomic mass is 9.86. The summed E-state index contributed by atoms with van der Waals surface area (Å²) in [6, 6.07) is 14.8. The van der Waals surface area contributed by atoms with Crippen LogP contribution < -0.4 is 5.73 Å². The van der Waals surface area contributed by atoms with Gasteiger partial charge in [0.1, 0.15) is 0 Å². The van der Waals surface area contributed by atoms with Crippen LogP contribution >= 0.6 is 15.9 Å². The Bertz CT molecular complexity index is 594. The summed E-state index contributed by atoms with van der Waals surface area (Å²) in [7, 11) is 0. The average molecular weight is 332 g/mol. The summed E-state index contributed by atoms with van der Waals surface area (Å²) >= 11 is 3.59. The fraction of sp³-hybridized carbons (Fsp3) is 0.333. The van der Waals surface area contributed by atoms with Crippen LogP contribution in [0.4, 0.5) is 0 Å². The Balaban J connectivity index is 2.34. The van der Waals surface area contributed by atoms with Gasteiger partial charge in [-0.15, -0.1) is 0 Å². The second kappa shape index (κ2) is 5.71. The molecule has 1 unspecified atom stereocenters. The topological polar surface area (TPSA) is 26.0 Å². The van der Waals surface area contributed by atoms with Crippen molar-refractivity contribution in [2.75, 3.05) is 0 Å². The second-order valence-corrected chi connectivity index (χ2v) is 7.23. The van der Waals surface area contributed by atoms with E-state index in [1.807, 2.05) is 0 Å². The van der Waals surface area contributed by atoms with Crippen molar-refractivity contribution in [1.82, 2.24) is 0 Å². The van der Waals surface area contributed by atoms with E-state index in [1.165, 1.54) is 11.1 Å². The molecule has 0 amide bonds. The molecule has 0 radical (unpaired) electrons. The summed E-state index contributed by atoms with van der Waals surface area (Å²) in [5.74, 6) is 0. The van der Waals surface area contributed by atoms with Gasteiger partial charge in [0.15, 0.2) is 0 Å². The molecule has 0 spiro atoms. The first-order valence-electron chi connectivity index (χ1n) is 6.91. The van der Waals surface area contributed by atoms with E-state index in [9.17, 15) is 0 Å². The SMILES string of the molecule is Cc1ccc(Br)c(C(N)c2ccc(C(C)(C)C)cc2)c1. The van der Waals surface area contributed by atoms with Crippen molar-refractivity contribution >= 4 is 15.9 Å². The van der Waals surface area contributed by atoms with E-state index in [-0.39, 0.29) is 11.5 Å². The maximum Gasteiger partial charge on any atom is 0.0562 e. The summed E-state index contributed by atoms with van der Waals surface area (Å²) in [6.45, 7) is 8.75. The van der Waals surface area contributed by atoms with E-state index >= 15 is 0 Å². The molecule has 2 aromatic carbocycles. The standard InChI is InChI=1S/C18H22BrN/c1-12-5-10-16(19)15(11-12)17(20)13-6-8-14(9-7-13)18(2,3)4/h5-11,17H,20H2,1-4H3. The Kier molecular flexibility index (Phi) is 4.36. The van der Waals surface area contributed by atoms with Crippen molar-refractivity contribution in [2.45, 2.75) is 39.2 Å². The lowest BCUT2D eigenvalue weighted by molar-refractivity contribution is 0.589. The van der Waals surface area contributed by atoms with Gasteiger partial charge < -0.3 is 5.73 Å². The third-order valence-corrected chi connectivity index (χ3v) is 4.34. The predicted molar refractivity (Wildman–Crippen MR) is 90.1 cm³/mol. The molecule has 0 fully saturated rings. The van der Waals surface area contributed by atoms with Crippen LogP contribution in [0.3, 0.4) is 0 Å². The zero-order valence-electron chi connectivity index (χ0n) is 12.6. The molecular formula is C18H22BrN. The monoisotopic (exact) mass is 331 g/mol. The Hall–Kier alpha value is -1.12. The lowest BCUT2D eigenvalue weighted by Crippen LogP contribution is -2.14. The molecule has 0 aliphatic carbocycles. The maximum absolute atomic E-state index is 6.42. The number of halogens is 1. The number of benzene rings is 2. The smallest absolute Gasteiger partial charge is 0.0562 e. The predicted octanol–water partition coefficient (Wildman–Crippen LogP) is 5.10. The van der Waals surface area contributed by atoms with Crippen LogP contribution in [0, 0.1) is 6.92 Å². The van der Waals surface area contributed by atoms with E-state index in [0.29, 0.717) is 0 Å². The molecule has 2 rings (SSSR count). The van der Waals surface area contributed by atoms with Crippen LogP contribution in [-0.2, 0) is 5.41 Å². The van der Waals surface area contributed by atoms with Crippen LogP contribution in [0.5, 0.6) is 0 Å². The summed E-state index contributed by atoms with van der Waals surface area (Å²) in [6.07, 6.45) is 0. The van der Waals surface area contributed by atoms with E-state index < -0.39 is 0 Å². The molecule has 0 saturated carbocycles. The van der Waals surface area contributed by atoms with Gasteiger partial charge in [0.25, 0.3) is 0 Å². The van der Waals surface area contributed by atoms with Gasteiger partial charge in [-0.1, -0.05) is 78.7 Å². The molecule has 0 aliphatic rings. The van der Waals surface area contributed by atoms with Gasteiger partial charge in [-0.25, -0.2) is 0 Å². The van der Waals surface area contributed by atoms with Crippen LogP contribution in [0.2, 0.25) is 0 Å². The number of hydrogen-bond acceptors (Lipinski definition) is 1. The van der Waals surface area contributed by atoms with Crippen molar-refractivity contribution in [2.24, 2.45) is 5.73 Å². The highest BCUT2D eigenvalue weighted by Crippen LogP contribution is 2.29. The Morgan fingerprint density at radius 2 is 1.60 bits per heavy atom. The highest BCUT2D eigenvalue weighted by atomic mass is 79.9. The molecule has 0 aromatic heterocycles. The van der Waals surface area contributed by atoms with Gasteiger partial charge in [-0.3, -0.25) is 0 Å². The van der Waals surface area contributed by atoms with E-state index in [0.717, 1.165) is 15.6 Å². The van der Waals surface area contributed by atoms with Gasteiger partial charge in [-0.05, 0) is 35.1 Å². The minimum absolute atomic E-state index is 0.0988. The second-order valence-electron chi connectivity index (χ2n) is 6.37. The van der Waals surface area contributed by atoms with Gasteiger partial charge >= 0.3 is 0 Å². The molecule has 20 heavy (non-hydrogen) atoms. The van der Waals surface area contributed by atoms with Crippen LogP contribution in [0.1, 0.15) is 49.1 Å². The van der Waals surface area contributed by atoms with Crippen molar-refractivity contribution < 1.29 is 0 Å². The van der Waals surface area contributed by atoms with Crippen molar-refractivity contribution in [3.8, 4) is 0 Å². The van der Waals surface area contributed by atoms with Crippen molar-refractivity contribution in [3.05, 3.63) is 69.2 Å². The normalized spacial score (nSPS) is 13.3. The van der Waals surface area contributed by atoms with Crippen LogP contribution in [0.15, 0.2) is 46.9 Å². The molecule has 0 heterocycles. The molecule has 0 aliphatic heterocycles. The first kappa shape index (κ1) is 15.3. The fourth-order valence-electron chi connectivity index (χ4n) is 2.27. The van der Waals surface area contributed by atoms with Gasteiger partial charge in [0.05, 0.1) is 6.04 Å². The summed E-state index contributed by atoms with van der Waals surface area (Å²) in [4.78, 5) is 0. The molecule has 0 bridgehead atoms. The maximum atomic E-state index is 6.42. The highest BCUT2D eigenvalue weighted by molar-refractivity contribution is 9.10. The van der Waals surface area contributed by atoms with E-state index in [1.54, 1.807) is 0 Å². The molecule has 2 heteroatoms. The molecule has 0 saturated heterocycles. The number of hydrogen-bond donors (Lipinski definition) is 1. The van der Waals surface area contributed by atoms with Crippen molar-refractivity contribution in [1.29, 1.82) is 0 Å². The molecule has 2 N–H and O–H groups in total. The summed E-state index contributed by atoms with van der Waals surface area (Å²) in [5.41, 5.74) is 11.4. The van der Waals surface area contributed by atoms with E-state index in [2.05, 4.69) is 86.1 Å². The third-order valence-electron chi connectivity index (χ3n) is 3.62. The van der Waals surface area contributed by atoms with Crippen molar-refractivity contribution in [3.63, 3.8) is 0 Å². The zero-order chi connectivity index (χ0) is 14.9. The molecule has 1 atom stereocenters. The van der Waals surface area contributed by atoms with Crippen LogP contribution in [0.25, 0.3) is 0 Å². The minimum Gasteiger partial charge on any atom is -0.320 e. The number of rotatable bonds is 2. The Labute approximate surface area is 130 Å². The quantitative estimate of drug-likeness (QED) is 0.813. The van der Waals surface area contributed by atoms with Crippen LogP contribution in [-0.4, -0.2) is 0 Å². The first-order chi connectivity index (χ1) is 9.29. The third kappa shape index (κ3) is 3.31.